The van der Waals surface area contributed by atoms with Gasteiger partial charge in [-0.25, -0.2) is 10.2 Å². The topological polar surface area (TPSA) is 110 Å². The first-order valence-corrected chi connectivity index (χ1v) is 9.77. The van der Waals surface area contributed by atoms with E-state index in [2.05, 4.69) is 10.5 Å². The number of hydrogen-bond acceptors (Lipinski definition) is 7. The van der Waals surface area contributed by atoms with Crippen LogP contribution in [0.1, 0.15) is 31.2 Å². The Labute approximate surface area is 180 Å². The molecular weight excluding hydrogens is 430 g/mol. The molecule has 1 heterocycles. The fourth-order valence-corrected chi connectivity index (χ4v) is 3.68. The standard InChI is InChI=1S/C20H16ClN3O5S/c1-29-19(27)14-6-2-4-12(8-14)11-24-17(21)16(30-20(24)28)10-22-23-18(26)13-5-3-7-15(25)9-13/h2-10,25H,11H2,1H3,(H,23,26)/b22-10-. The summed E-state index contributed by atoms with van der Waals surface area (Å²) >= 11 is 7.18. The van der Waals surface area contributed by atoms with Crippen LogP contribution in [0.3, 0.4) is 0 Å². The Morgan fingerprint density at radius 1 is 1.23 bits per heavy atom. The lowest BCUT2D eigenvalue weighted by molar-refractivity contribution is 0.0600. The van der Waals surface area contributed by atoms with Crippen molar-refractivity contribution in [3.63, 3.8) is 0 Å². The van der Waals surface area contributed by atoms with E-state index in [9.17, 15) is 19.5 Å². The number of halogens is 1. The van der Waals surface area contributed by atoms with E-state index in [-0.39, 0.29) is 27.9 Å². The predicted octanol–water partition coefficient (Wildman–Crippen LogP) is 2.87. The van der Waals surface area contributed by atoms with Crippen molar-refractivity contribution in [3.05, 3.63) is 84.9 Å². The molecule has 8 nitrogen and oxygen atoms in total. The first-order valence-electron chi connectivity index (χ1n) is 8.58. The van der Waals surface area contributed by atoms with Crippen LogP contribution in [0.4, 0.5) is 0 Å². The number of rotatable bonds is 6. The number of methoxy groups -OCH3 is 1. The lowest BCUT2D eigenvalue weighted by Gasteiger charge is -2.06. The number of thiazole rings is 1. The molecule has 0 aliphatic carbocycles. The number of aromatic hydroxyl groups is 1. The lowest BCUT2D eigenvalue weighted by Crippen LogP contribution is -2.17. The predicted molar refractivity (Wildman–Crippen MR) is 114 cm³/mol. The molecule has 1 amide bonds. The summed E-state index contributed by atoms with van der Waals surface area (Å²) < 4.78 is 6.03. The Bertz CT molecular complexity index is 1190. The molecule has 0 aliphatic rings. The molecule has 0 saturated carbocycles. The Kier molecular flexibility index (Phi) is 6.65. The molecule has 3 aromatic rings. The van der Waals surface area contributed by atoms with Gasteiger partial charge in [0, 0.05) is 5.56 Å². The summed E-state index contributed by atoms with van der Waals surface area (Å²) in [6.07, 6.45) is 1.27. The van der Waals surface area contributed by atoms with Gasteiger partial charge in [-0.1, -0.05) is 41.1 Å². The smallest absolute Gasteiger partial charge is 0.337 e. The van der Waals surface area contributed by atoms with Crippen LogP contribution in [0.25, 0.3) is 0 Å². The van der Waals surface area contributed by atoms with Gasteiger partial charge in [0.2, 0.25) is 0 Å². The summed E-state index contributed by atoms with van der Waals surface area (Å²) in [6.45, 7) is 0.155. The molecule has 0 fully saturated rings. The maximum atomic E-state index is 12.3. The van der Waals surface area contributed by atoms with Crippen molar-refractivity contribution in [3.8, 4) is 5.75 Å². The summed E-state index contributed by atoms with van der Waals surface area (Å²) in [7, 11) is 1.29. The number of amides is 1. The molecule has 0 spiro atoms. The highest BCUT2D eigenvalue weighted by atomic mass is 35.5. The molecule has 2 N–H and O–H groups in total. The molecule has 3 rings (SSSR count). The maximum absolute atomic E-state index is 12.3. The highest BCUT2D eigenvalue weighted by Crippen LogP contribution is 2.19. The van der Waals surface area contributed by atoms with Crippen molar-refractivity contribution in [2.24, 2.45) is 5.10 Å². The number of esters is 1. The second-order valence-corrected chi connectivity index (χ2v) is 7.40. The van der Waals surface area contributed by atoms with E-state index in [4.69, 9.17) is 16.3 Å². The van der Waals surface area contributed by atoms with Gasteiger partial charge in [0.1, 0.15) is 10.9 Å². The molecule has 0 bridgehead atoms. The van der Waals surface area contributed by atoms with E-state index < -0.39 is 11.9 Å². The zero-order valence-electron chi connectivity index (χ0n) is 15.7. The number of carbonyl (C=O) groups is 2. The van der Waals surface area contributed by atoms with Crippen LogP contribution in [0.2, 0.25) is 5.15 Å². The maximum Gasteiger partial charge on any atom is 0.337 e. The first kappa shape index (κ1) is 21.3. The molecular formula is C20H16ClN3O5S. The van der Waals surface area contributed by atoms with Gasteiger partial charge >= 0.3 is 10.8 Å². The zero-order valence-corrected chi connectivity index (χ0v) is 17.2. The molecule has 0 radical (unpaired) electrons. The van der Waals surface area contributed by atoms with Gasteiger partial charge in [0.05, 0.1) is 30.3 Å². The Morgan fingerprint density at radius 2 is 1.97 bits per heavy atom. The lowest BCUT2D eigenvalue weighted by atomic mass is 10.1. The minimum atomic E-state index is -0.523. The molecule has 10 heteroatoms. The van der Waals surface area contributed by atoms with Crippen LogP contribution in [0.15, 0.2) is 58.4 Å². The number of nitrogens with one attached hydrogen (secondary N) is 1. The molecule has 0 saturated heterocycles. The monoisotopic (exact) mass is 445 g/mol. The van der Waals surface area contributed by atoms with E-state index in [0.717, 1.165) is 11.3 Å². The van der Waals surface area contributed by atoms with E-state index in [1.54, 1.807) is 24.3 Å². The van der Waals surface area contributed by atoms with Crippen molar-refractivity contribution in [2.45, 2.75) is 6.54 Å². The third kappa shape index (κ3) is 4.94. The Hall–Kier alpha value is -3.43. The van der Waals surface area contributed by atoms with Crippen molar-refractivity contribution >= 4 is 41.0 Å². The fourth-order valence-electron chi connectivity index (χ4n) is 2.58. The van der Waals surface area contributed by atoms with Gasteiger partial charge in [-0.05, 0) is 35.9 Å². The summed E-state index contributed by atoms with van der Waals surface area (Å²) in [5.74, 6) is -1.04. The Balaban J connectivity index is 1.74. The molecule has 1 aromatic heterocycles. The van der Waals surface area contributed by atoms with Crippen molar-refractivity contribution < 1.29 is 19.4 Å². The number of carbonyl (C=O) groups excluding carboxylic acids is 2. The number of hydrazone groups is 1. The quantitative estimate of drug-likeness (QED) is 0.344. The average Bonchev–Trinajstić information content (AvgIpc) is 3.01. The van der Waals surface area contributed by atoms with E-state index in [1.807, 2.05) is 0 Å². The number of ether oxygens (including phenoxy) is 1. The number of hydrogen-bond donors (Lipinski definition) is 2. The van der Waals surface area contributed by atoms with Gasteiger partial charge in [-0.2, -0.15) is 5.10 Å². The molecule has 0 aliphatic heterocycles. The highest BCUT2D eigenvalue weighted by Gasteiger charge is 2.13. The first-order chi connectivity index (χ1) is 14.4. The van der Waals surface area contributed by atoms with E-state index in [1.165, 1.54) is 42.2 Å². The number of nitrogens with zero attached hydrogens (tertiary/aromatic N) is 2. The van der Waals surface area contributed by atoms with E-state index in [0.29, 0.717) is 16.0 Å². The van der Waals surface area contributed by atoms with Crippen LogP contribution in [-0.2, 0) is 11.3 Å². The highest BCUT2D eigenvalue weighted by molar-refractivity contribution is 7.11. The van der Waals surface area contributed by atoms with Gasteiger partial charge in [-0.3, -0.25) is 14.2 Å². The van der Waals surface area contributed by atoms with Crippen LogP contribution in [0.5, 0.6) is 5.75 Å². The second kappa shape index (κ2) is 9.38. The largest absolute Gasteiger partial charge is 0.508 e. The normalized spacial score (nSPS) is 10.9. The third-order valence-corrected chi connectivity index (χ3v) is 5.44. The van der Waals surface area contributed by atoms with Crippen LogP contribution in [0, 0.1) is 0 Å². The van der Waals surface area contributed by atoms with Crippen LogP contribution < -0.4 is 10.3 Å². The minimum absolute atomic E-state index is 0.0405. The van der Waals surface area contributed by atoms with Gasteiger partial charge in [0.25, 0.3) is 5.91 Å². The van der Waals surface area contributed by atoms with E-state index >= 15 is 0 Å². The number of phenolic OH excluding ortho intramolecular Hbond substituents is 1. The average molecular weight is 446 g/mol. The zero-order chi connectivity index (χ0) is 21.7. The summed E-state index contributed by atoms with van der Waals surface area (Å²) in [5.41, 5.74) is 3.60. The van der Waals surface area contributed by atoms with Crippen molar-refractivity contribution in [1.29, 1.82) is 0 Å². The second-order valence-electron chi connectivity index (χ2n) is 6.05. The SMILES string of the molecule is COC(=O)c1cccc(Cn2c(Cl)c(/C=N\NC(=O)c3cccc(O)c3)sc2=O)c1. The molecule has 154 valence electrons. The summed E-state index contributed by atoms with van der Waals surface area (Å²) in [6, 6.07) is 12.5. The van der Waals surface area contributed by atoms with Crippen molar-refractivity contribution in [2.75, 3.05) is 7.11 Å². The number of phenols is 1. The molecule has 30 heavy (non-hydrogen) atoms. The number of aromatic nitrogens is 1. The third-order valence-electron chi connectivity index (χ3n) is 4.00. The van der Waals surface area contributed by atoms with Gasteiger partial charge < -0.3 is 9.84 Å². The van der Waals surface area contributed by atoms with Crippen LogP contribution in [-0.4, -0.2) is 34.9 Å². The van der Waals surface area contributed by atoms with Gasteiger partial charge in [-0.15, -0.1) is 0 Å². The molecule has 2 aromatic carbocycles. The summed E-state index contributed by atoms with van der Waals surface area (Å²) in [4.78, 5) is 36.1. The van der Waals surface area contributed by atoms with Crippen molar-refractivity contribution in [1.82, 2.24) is 9.99 Å². The number of benzene rings is 2. The van der Waals surface area contributed by atoms with Gasteiger partial charge in [0.15, 0.2) is 0 Å². The molecule has 0 unspecified atom stereocenters. The molecule has 0 atom stereocenters. The fraction of sp³-hybridized carbons (Fsp3) is 0.100. The Morgan fingerprint density at radius 3 is 2.70 bits per heavy atom. The minimum Gasteiger partial charge on any atom is -0.508 e. The summed E-state index contributed by atoms with van der Waals surface area (Å²) in [5, 5.41) is 13.4. The van der Waals surface area contributed by atoms with Crippen LogP contribution >= 0.6 is 22.9 Å².